The molecule has 1 amide bonds. The molecular formula is C19H16ClF2NO3. The second-order valence-corrected chi connectivity index (χ2v) is 6.74. The number of carbonyl (C=O) groups excluding carboxylic acids is 1. The van der Waals surface area contributed by atoms with Crippen molar-refractivity contribution in [2.75, 3.05) is 0 Å². The fourth-order valence-electron chi connectivity index (χ4n) is 3.00. The second kappa shape index (κ2) is 7.41. The molecule has 3 atom stereocenters. The van der Waals surface area contributed by atoms with Crippen LogP contribution in [0, 0.1) is 17.6 Å². The summed E-state index contributed by atoms with van der Waals surface area (Å²) in [5, 5.41) is 11.7. The van der Waals surface area contributed by atoms with Gasteiger partial charge in [0.1, 0.15) is 11.6 Å². The number of carbonyl (C=O) groups is 2. The summed E-state index contributed by atoms with van der Waals surface area (Å²) in [5.41, 5.74) is 1.19. The zero-order chi connectivity index (χ0) is 18.8. The minimum Gasteiger partial charge on any atom is -0.481 e. The number of aliphatic carboxylic acids is 1. The summed E-state index contributed by atoms with van der Waals surface area (Å²) in [6.45, 7) is 0. The lowest BCUT2D eigenvalue weighted by atomic mass is 10.0. The number of hydrogen-bond acceptors (Lipinski definition) is 2. The van der Waals surface area contributed by atoms with Crippen LogP contribution in [-0.4, -0.2) is 17.0 Å². The average Bonchev–Trinajstić information content (AvgIpc) is 3.38. The van der Waals surface area contributed by atoms with Gasteiger partial charge in [0.15, 0.2) is 0 Å². The number of benzene rings is 2. The number of halogens is 3. The van der Waals surface area contributed by atoms with Crippen LogP contribution >= 0.6 is 11.6 Å². The average molecular weight is 380 g/mol. The number of rotatable bonds is 6. The first-order valence-electron chi connectivity index (χ1n) is 8.07. The van der Waals surface area contributed by atoms with Gasteiger partial charge in [0.2, 0.25) is 5.91 Å². The number of amides is 1. The first-order valence-corrected chi connectivity index (χ1v) is 8.45. The number of carboxylic acid groups (broad SMARTS) is 1. The fraction of sp³-hybridized carbons (Fsp3) is 0.263. The number of nitrogens with one attached hydrogen (secondary N) is 1. The van der Waals surface area contributed by atoms with Crippen molar-refractivity contribution in [3.63, 3.8) is 0 Å². The third-order valence-corrected chi connectivity index (χ3v) is 4.77. The smallest absolute Gasteiger partial charge is 0.305 e. The molecule has 2 aromatic rings. The van der Waals surface area contributed by atoms with Crippen LogP contribution in [0.5, 0.6) is 0 Å². The van der Waals surface area contributed by atoms with E-state index in [1.165, 1.54) is 24.3 Å². The van der Waals surface area contributed by atoms with Crippen LogP contribution in [0.15, 0.2) is 42.5 Å². The van der Waals surface area contributed by atoms with Gasteiger partial charge in [0.25, 0.3) is 0 Å². The van der Waals surface area contributed by atoms with E-state index in [2.05, 4.69) is 5.32 Å². The first-order chi connectivity index (χ1) is 12.3. The molecule has 0 radical (unpaired) electrons. The van der Waals surface area contributed by atoms with Gasteiger partial charge in [-0.2, -0.15) is 0 Å². The van der Waals surface area contributed by atoms with Crippen LogP contribution in [0.2, 0.25) is 5.02 Å². The molecule has 1 aliphatic rings. The molecule has 26 heavy (non-hydrogen) atoms. The maximum absolute atomic E-state index is 13.7. The standard InChI is InChI=1S/C19H16ClF2NO3/c20-15-6-3-11(7-16(15)22)17(9-18(24)25)23-19(26)14-8-13(14)10-1-4-12(21)5-2-10/h1-7,13-14,17H,8-9H2,(H,23,26)(H,24,25). The SMILES string of the molecule is O=C(O)CC(NC(=O)C1CC1c1ccc(F)cc1)c1ccc(Cl)c(F)c1. The second-order valence-electron chi connectivity index (χ2n) is 6.33. The molecule has 2 aromatic carbocycles. The Hall–Kier alpha value is -2.47. The molecule has 0 aliphatic heterocycles. The van der Waals surface area contributed by atoms with Crippen LogP contribution < -0.4 is 5.32 Å². The minimum absolute atomic E-state index is 0.0250. The highest BCUT2D eigenvalue weighted by Gasteiger charge is 2.44. The number of hydrogen-bond donors (Lipinski definition) is 2. The highest BCUT2D eigenvalue weighted by Crippen LogP contribution is 2.47. The summed E-state index contributed by atoms with van der Waals surface area (Å²) in [5.74, 6) is -2.78. The Morgan fingerprint density at radius 2 is 1.88 bits per heavy atom. The Labute approximate surface area is 153 Å². The molecule has 0 aromatic heterocycles. The van der Waals surface area contributed by atoms with Crippen LogP contribution in [0.4, 0.5) is 8.78 Å². The molecule has 2 N–H and O–H groups in total. The highest BCUT2D eigenvalue weighted by atomic mass is 35.5. The van der Waals surface area contributed by atoms with E-state index in [9.17, 15) is 18.4 Å². The number of carboxylic acids is 1. The molecule has 1 fully saturated rings. The predicted molar refractivity (Wildman–Crippen MR) is 91.8 cm³/mol. The summed E-state index contributed by atoms with van der Waals surface area (Å²) in [6, 6.07) is 9.03. The summed E-state index contributed by atoms with van der Waals surface area (Å²) in [7, 11) is 0. The van der Waals surface area contributed by atoms with Gasteiger partial charge < -0.3 is 10.4 Å². The van der Waals surface area contributed by atoms with E-state index >= 15 is 0 Å². The van der Waals surface area contributed by atoms with E-state index in [1.54, 1.807) is 12.1 Å². The molecule has 7 heteroatoms. The first kappa shape index (κ1) is 18.3. The van der Waals surface area contributed by atoms with E-state index in [4.69, 9.17) is 16.7 Å². The molecular weight excluding hydrogens is 364 g/mol. The fourth-order valence-corrected chi connectivity index (χ4v) is 3.12. The monoisotopic (exact) mass is 379 g/mol. The quantitative estimate of drug-likeness (QED) is 0.795. The normalized spacial score (nSPS) is 19.7. The van der Waals surface area contributed by atoms with Crippen LogP contribution in [0.1, 0.15) is 35.9 Å². The van der Waals surface area contributed by atoms with E-state index in [0.717, 1.165) is 11.6 Å². The van der Waals surface area contributed by atoms with Gasteiger partial charge in [0.05, 0.1) is 17.5 Å². The van der Waals surface area contributed by atoms with E-state index in [1.807, 2.05) is 0 Å². The molecule has 4 nitrogen and oxygen atoms in total. The highest BCUT2D eigenvalue weighted by molar-refractivity contribution is 6.30. The van der Waals surface area contributed by atoms with Crippen molar-refractivity contribution in [3.8, 4) is 0 Å². The Morgan fingerprint density at radius 1 is 1.19 bits per heavy atom. The maximum atomic E-state index is 13.7. The molecule has 1 saturated carbocycles. The molecule has 3 rings (SSSR count). The largest absolute Gasteiger partial charge is 0.481 e. The van der Waals surface area contributed by atoms with Crippen molar-refractivity contribution in [3.05, 3.63) is 70.2 Å². The molecule has 3 unspecified atom stereocenters. The molecule has 0 bridgehead atoms. The van der Waals surface area contributed by atoms with Gasteiger partial charge in [-0.25, -0.2) is 8.78 Å². The van der Waals surface area contributed by atoms with Crippen molar-refractivity contribution >= 4 is 23.5 Å². The predicted octanol–water partition coefficient (Wildman–Crippen LogP) is 4.05. The Kier molecular flexibility index (Phi) is 5.23. The summed E-state index contributed by atoms with van der Waals surface area (Å²) in [4.78, 5) is 23.6. The van der Waals surface area contributed by atoms with E-state index in [0.29, 0.717) is 12.0 Å². The van der Waals surface area contributed by atoms with Gasteiger partial charge in [-0.15, -0.1) is 0 Å². The Morgan fingerprint density at radius 3 is 2.50 bits per heavy atom. The molecule has 136 valence electrons. The zero-order valence-corrected chi connectivity index (χ0v) is 14.3. The maximum Gasteiger partial charge on any atom is 0.305 e. The van der Waals surface area contributed by atoms with Crippen molar-refractivity contribution < 1.29 is 23.5 Å². The Bertz CT molecular complexity index is 841. The van der Waals surface area contributed by atoms with Gasteiger partial charge in [-0.3, -0.25) is 9.59 Å². The van der Waals surface area contributed by atoms with Crippen molar-refractivity contribution in [2.24, 2.45) is 5.92 Å². The van der Waals surface area contributed by atoms with Crippen LogP contribution in [0.3, 0.4) is 0 Å². The van der Waals surface area contributed by atoms with Crippen molar-refractivity contribution in [1.82, 2.24) is 5.32 Å². The minimum atomic E-state index is -1.11. The summed E-state index contributed by atoms with van der Waals surface area (Å²) in [6.07, 6.45) is 0.229. The topological polar surface area (TPSA) is 66.4 Å². The molecule has 0 spiro atoms. The summed E-state index contributed by atoms with van der Waals surface area (Å²) < 4.78 is 26.7. The third-order valence-electron chi connectivity index (χ3n) is 4.47. The lowest BCUT2D eigenvalue weighted by Crippen LogP contribution is -2.31. The zero-order valence-electron chi connectivity index (χ0n) is 13.6. The lowest BCUT2D eigenvalue weighted by molar-refractivity contribution is -0.137. The van der Waals surface area contributed by atoms with Gasteiger partial charge in [0, 0.05) is 5.92 Å². The lowest BCUT2D eigenvalue weighted by Gasteiger charge is -2.18. The van der Waals surface area contributed by atoms with Gasteiger partial charge >= 0.3 is 5.97 Å². The Balaban J connectivity index is 1.71. The molecule has 0 saturated heterocycles. The van der Waals surface area contributed by atoms with E-state index < -0.39 is 17.8 Å². The van der Waals surface area contributed by atoms with Crippen molar-refractivity contribution in [1.29, 1.82) is 0 Å². The van der Waals surface area contributed by atoms with Gasteiger partial charge in [-0.1, -0.05) is 29.8 Å². The third kappa shape index (κ3) is 4.19. The van der Waals surface area contributed by atoms with Crippen molar-refractivity contribution in [2.45, 2.75) is 24.8 Å². The van der Waals surface area contributed by atoms with Crippen LogP contribution in [0.25, 0.3) is 0 Å². The van der Waals surface area contributed by atoms with Crippen LogP contribution in [-0.2, 0) is 9.59 Å². The molecule has 1 aliphatic carbocycles. The summed E-state index contributed by atoms with van der Waals surface area (Å²) >= 11 is 5.65. The van der Waals surface area contributed by atoms with E-state index in [-0.39, 0.29) is 35.0 Å². The molecule has 0 heterocycles. The van der Waals surface area contributed by atoms with Gasteiger partial charge in [-0.05, 0) is 47.7 Å².